The number of rotatable bonds is 6. The molecule has 1 aliphatic heterocycles. The molecular formula is C23H30N4O3S. The van der Waals surface area contributed by atoms with Crippen LogP contribution in [-0.4, -0.2) is 50.3 Å². The molecule has 1 atom stereocenters. The van der Waals surface area contributed by atoms with Gasteiger partial charge in [-0.25, -0.2) is 4.98 Å². The minimum absolute atomic E-state index is 0.0567. The van der Waals surface area contributed by atoms with Crippen molar-refractivity contribution < 1.29 is 14.6 Å². The summed E-state index contributed by atoms with van der Waals surface area (Å²) in [6, 6.07) is 8.52. The molecular weight excluding hydrogens is 412 g/mol. The van der Waals surface area contributed by atoms with E-state index < -0.39 is 0 Å². The maximum Gasteiger partial charge on any atom is 0.309 e. The molecule has 3 heterocycles. The van der Waals surface area contributed by atoms with Crippen molar-refractivity contribution in [1.82, 2.24) is 19.5 Å². The Bertz CT molecular complexity index is 1050. The number of esters is 1. The smallest absolute Gasteiger partial charge is 0.309 e. The van der Waals surface area contributed by atoms with E-state index >= 15 is 0 Å². The number of aromatic nitrogens is 3. The Kier molecular flexibility index (Phi) is 6.29. The van der Waals surface area contributed by atoms with E-state index in [4.69, 9.17) is 4.74 Å². The molecule has 0 amide bonds. The minimum atomic E-state index is -0.113. The van der Waals surface area contributed by atoms with Gasteiger partial charge in [-0.15, -0.1) is 5.10 Å². The molecule has 1 fully saturated rings. The van der Waals surface area contributed by atoms with E-state index in [1.54, 1.807) is 0 Å². The number of fused-ring (bicyclic) bond motifs is 1. The summed E-state index contributed by atoms with van der Waals surface area (Å²) in [5.41, 5.74) is 2.40. The average molecular weight is 443 g/mol. The highest BCUT2D eigenvalue weighted by molar-refractivity contribution is 7.17. The lowest BCUT2D eigenvalue weighted by atomic mass is 9.93. The number of benzene rings is 1. The third-order valence-corrected chi connectivity index (χ3v) is 7.06. The van der Waals surface area contributed by atoms with Crippen LogP contribution in [0.1, 0.15) is 67.4 Å². The molecule has 0 bridgehead atoms. The van der Waals surface area contributed by atoms with Gasteiger partial charge >= 0.3 is 5.97 Å². The number of thiazole rings is 1. The Labute approximate surface area is 186 Å². The van der Waals surface area contributed by atoms with E-state index in [-0.39, 0.29) is 23.8 Å². The Balaban J connectivity index is 1.67. The Morgan fingerprint density at radius 3 is 2.45 bits per heavy atom. The van der Waals surface area contributed by atoms with Crippen molar-refractivity contribution in [3.8, 4) is 5.88 Å². The van der Waals surface area contributed by atoms with Gasteiger partial charge in [0.25, 0.3) is 0 Å². The Morgan fingerprint density at radius 2 is 1.87 bits per heavy atom. The number of hydrogen-bond acceptors (Lipinski definition) is 7. The molecule has 166 valence electrons. The molecule has 1 aromatic carbocycles. The van der Waals surface area contributed by atoms with Gasteiger partial charge in [-0.3, -0.25) is 9.69 Å². The molecule has 0 aliphatic carbocycles. The molecule has 1 N–H and O–H groups in total. The zero-order chi connectivity index (χ0) is 22.1. The van der Waals surface area contributed by atoms with Gasteiger partial charge in [-0.2, -0.15) is 4.52 Å². The zero-order valence-electron chi connectivity index (χ0n) is 18.5. The van der Waals surface area contributed by atoms with Crippen molar-refractivity contribution in [2.45, 2.75) is 52.5 Å². The first-order valence-corrected chi connectivity index (χ1v) is 11.8. The summed E-state index contributed by atoms with van der Waals surface area (Å²) in [5, 5.41) is 15.3. The third kappa shape index (κ3) is 4.32. The standard InChI is InChI=1S/C23H30N4O3S/c1-5-30-22(29)18-10-12-26(13-11-18)19(17-8-6-16(7-9-17)14(2)3)20-21(28)27-23(31-20)24-15(4)25-27/h6-9,14,18-19,28H,5,10-13H2,1-4H3/t19-/m1/s1. The van der Waals surface area contributed by atoms with E-state index in [1.165, 1.54) is 21.4 Å². The second-order valence-electron chi connectivity index (χ2n) is 8.43. The van der Waals surface area contributed by atoms with Crippen LogP contribution < -0.4 is 0 Å². The first-order valence-electron chi connectivity index (χ1n) is 10.9. The SMILES string of the molecule is CCOC(=O)C1CCN([C@H](c2ccc(C(C)C)cc2)c2sc3nc(C)nn3c2O)CC1. The van der Waals surface area contributed by atoms with Crippen molar-refractivity contribution in [2.75, 3.05) is 19.7 Å². The van der Waals surface area contributed by atoms with Crippen molar-refractivity contribution in [3.05, 3.63) is 46.1 Å². The summed E-state index contributed by atoms with van der Waals surface area (Å²) >= 11 is 1.47. The molecule has 7 nitrogen and oxygen atoms in total. The number of nitrogens with zero attached hydrogens (tertiary/aromatic N) is 4. The highest BCUT2D eigenvalue weighted by Gasteiger charge is 2.34. The second-order valence-corrected chi connectivity index (χ2v) is 9.44. The number of aromatic hydroxyl groups is 1. The summed E-state index contributed by atoms with van der Waals surface area (Å²) in [6.45, 7) is 9.95. The highest BCUT2D eigenvalue weighted by atomic mass is 32.1. The topological polar surface area (TPSA) is 80.0 Å². The van der Waals surface area contributed by atoms with Crippen molar-refractivity contribution >= 4 is 22.3 Å². The number of aryl methyl sites for hydroxylation is 1. The van der Waals surface area contributed by atoms with E-state index in [1.807, 2.05) is 13.8 Å². The largest absolute Gasteiger partial charge is 0.492 e. The van der Waals surface area contributed by atoms with Crippen LogP contribution in [0.3, 0.4) is 0 Å². The predicted molar refractivity (Wildman–Crippen MR) is 121 cm³/mol. The second kappa shape index (κ2) is 8.96. The highest BCUT2D eigenvalue weighted by Crippen LogP contribution is 2.41. The summed E-state index contributed by atoms with van der Waals surface area (Å²) in [5.74, 6) is 1.08. The third-order valence-electron chi connectivity index (χ3n) is 5.99. The van der Waals surface area contributed by atoms with E-state index in [9.17, 15) is 9.90 Å². The van der Waals surface area contributed by atoms with Gasteiger partial charge < -0.3 is 9.84 Å². The Morgan fingerprint density at radius 1 is 1.23 bits per heavy atom. The fourth-order valence-corrected chi connectivity index (χ4v) is 5.43. The molecule has 0 spiro atoms. The summed E-state index contributed by atoms with van der Waals surface area (Å²) in [7, 11) is 0. The van der Waals surface area contributed by atoms with Crippen molar-refractivity contribution in [2.24, 2.45) is 5.92 Å². The first kappa shape index (κ1) is 21.8. The fourth-order valence-electron chi connectivity index (χ4n) is 4.27. The van der Waals surface area contributed by atoms with Crippen LogP contribution in [0.15, 0.2) is 24.3 Å². The van der Waals surface area contributed by atoms with Gasteiger partial charge in [0.2, 0.25) is 10.8 Å². The maximum atomic E-state index is 12.2. The molecule has 0 radical (unpaired) electrons. The fraction of sp³-hybridized carbons (Fsp3) is 0.522. The van der Waals surface area contributed by atoms with Gasteiger partial charge in [0, 0.05) is 0 Å². The van der Waals surface area contributed by atoms with Gasteiger partial charge in [0.1, 0.15) is 5.82 Å². The molecule has 4 rings (SSSR count). The van der Waals surface area contributed by atoms with Gasteiger partial charge in [0.15, 0.2) is 0 Å². The molecule has 1 saturated heterocycles. The van der Waals surface area contributed by atoms with Gasteiger partial charge in [0.05, 0.1) is 23.4 Å². The first-order chi connectivity index (χ1) is 14.9. The number of carbonyl (C=O) groups excluding carboxylic acids is 1. The molecule has 0 unspecified atom stereocenters. The molecule has 1 aliphatic rings. The van der Waals surface area contributed by atoms with E-state index in [0.717, 1.165) is 36.4 Å². The van der Waals surface area contributed by atoms with Crippen LogP contribution >= 0.6 is 11.3 Å². The van der Waals surface area contributed by atoms with Crippen LogP contribution in [0, 0.1) is 12.8 Å². The van der Waals surface area contributed by atoms with Crippen molar-refractivity contribution in [1.29, 1.82) is 0 Å². The van der Waals surface area contributed by atoms with Crippen LogP contribution in [0.25, 0.3) is 4.96 Å². The van der Waals surface area contributed by atoms with Crippen LogP contribution in [0.2, 0.25) is 0 Å². The van der Waals surface area contributed by atoms with Crippen LogP contribution in [0.4, 0.5) is 0 Å². The lowest BCUT2D eigenvalue weighted by Crippen LogP contribution is -2.39. The Hall–Kier alpha value is -2.45. The quantitative estimate of drug-likeness (QED) is 0.574. The summed E-state index contributed by atoms with van der Waals surface area (Å²) in [4.78, 5) is 20.5. The zero-order valence-corrected chi connectivity index (χ0v) is 19.4. The number of hydrogen-bond donors (Lipinski definition) is 1. The number of ether oxygens (including phenoxy) is 1. The predicted octanol–water partition coefficient (Wildman–Crippen LogP) is 4.29. The lowest BCUT2D eigenvalue weighted by Gasteiger charge is -2.36. The molecule has 2 aromatic heterocycles. The van der Waals surface area contributed by atoms with Crippen LogP contribution in [-0.2, 0) is 9.53 Å². The van der Waals surface area contributed by atoms with Crippen molar-refractivity contribution in [3.63, 3.8) is 0 Å². The molecule has 0 saturated carbocycles. The average Bonchev–Trinajstić information content (AvgIpc) is 3.26. The van der Waals surface area contributed by atoms with Gasteiger partial charge in [-0.1, -0.05) is 49.4 Å². The number of carbonyl (C=O) groups is 1. The van der Waals surface area contributed by atoms with Gasteiger partial charge in [-0.05, 0) is 56.8 Å². The summed E-state index contributed by atoms with van der Waals surface area (Å²) < 4.78 is 6.75. The molecule has 31 heavy (non-hydrogen) atoms. The molecule has 8 heteroatoms. The maximum absolute atomic E-state index is 12.2. The number of piperidine rings is 1. The lowest BCUT2D eigenvalue weighted by molar-refractivity contribution is -0.149. The monoisotopic (exact) mass is 442 g/mol. The van der Waals surface area contributed by atoms with E-state index in [2.05, 4.69) is 53.1 Å². The van der Waals surface area contributed by atoms with Crippen LogP contribution in [0.5, 0.6) is 5.88 Å². The normalized spacial score (nSPS) is 16.8. The summed E-state index contributed by atoms with van der Waals surface area (Å²) in [6.07, 6.45) is 1.50. The minimum Gasteiger partial charge on any atom is -0.492 e. The molecule has 3 aromatic rings. The van der Waals surface area contributed by atoms with E-state index in [0.29, 0.717) is 23.3 Å². The number of likely N-dealkylation sites (tertiary alicyclic amines) is 1.